The number of esters is 1. The number of aryl methyl sites for hydroxylation is 1. The highest BCUT2D eigenvalue weighted by Crippen LogP contribution is 2.64. The second-order valence-electron chi connectivity index (χ2n) is 8.75. The smallest absolute Gasteiger partial charge is 0.312 e. The molecule has 4 aliphatic carbocycles. The summed E-state index contributed by atoms with van der Waals surface area (Å²) in [5, 5.41) is 0. The molecule has 0 aliphatic heterocycles. The normalized spacial score (nSPS) is 34.3. The molecule has 0 saturated heterocycles. The molecule has 6 rings (SSSR count). The SMILES string of the molecule is Nc1ncnc2c1ncn2CCCOC(=O)C12CC3CC(CC(Br)(C3)C1)C2. The predicted molar refractivity (Wildman–Crippen MR) is 104 cm³/mol. The molecule has 4 saturated carbocycles. The maximum Gasteiger partial charge on any atom is 0.312 e. The van der Waals surface area contributed by atoms with Gasteiger partial charge in [-0.1, -0.05) is 15.9 Å². The maximum atomic E-state index is 13.0. The van der Waals surface area contributed by atoms with Gasteiger partial charge in [0.2, 0.25) is 0 Å². The van der Waals surface area contributed by atoms with Crippen molar-refractivity contribution in [3.8, 4) is 0 Å². The van der Waals surface area contributed by atoms with Crippen LogP contribution in [0.15, 0.2) is 12.7 Å². The van der Waals surface area contributed by atoms with E-state index in [1.54, 1.807) is 6.33 Å². The number of hydrogen-bond acceptors (Lipinski definition) is 6. The zero-order valence-corrected chi connectivity index (χ0v) is 16.8. The molecule has 2 N–H and O–H groups in total. The van der Waals surface area contributed by atoms with Crippen molar-refractivity contribution in [1.29, 1.82) is 0 Å². The summed E-state index contributed by atoms with van der Waals surface area (Å²) in [5.74, 6) is 1.76. The van der Waals surface area contributed by atoms with Crippen LogP contribution >= 0.6 is 15.9 Å². The van der Waals surface area contributed by atoms with Crippen molar-refractivity contribution in [2.75, 3.05) is 12.3 Å². The van der Waals surface area contributed by atoms with Gasteiger partial charge in [-0.25, -0.2) is 15.0 Å². The first-order valence-corrected chi connectivity index (χ1v) is 10.5. The third-order valence-corrected chi connectivity index (χ3v) is 7.56. The lowest BCUT2D eigenvalue weighted by molar-refractivity contribution is -0.169. The van der Waals surface area contributed by atoms with Gasteiger partial charge < -0.3 is 15.0 Å². The van der Waals surface area contributed by atoms with Crippen molar-refractivity contribution in [2.24, 2.45) is 17.3 Å². The van der Waals surface area contributed by atoms with Crippen LogP contribution in [-0.4, -0.2) is 36.4 Å². The molecule has 4 aliphatic rings. The average molecular weight is 434 g/mol. The van der Waals surface area contributed by atoms with Gasteiger partial charge in [0.05, 0.1) is 18.3 Å². The molecule has 7 nitrogen and oxygen atoms in total. The highest BCUT2D eigenvalue weighted by Gasteiger charge is 2.60. The third kappa shape index (κ3) is 2.92. The quantitative estimate of drug-likeness (QED) is 0.442. The molecule has 144 valence electrons. The first kappa shape index (κ1) is 17.4. The standard InChI is InChI=1S/C19H24BrN5O2/c20-19-7-12-4-13(8-19)6-18(5-12,9-19)17(26)27-3-1-2-25-11-24-14-15(21)22-10-23-16(14)25/h10-13H,1-9H2,(H2,21,22,23). The largest absolute Gasteiger partial charge is 0.465 e. The number of alkyl halides is 1. The number of ether oxygens (including phenoxy) is 1. The Morgan fingerprint density at radius 2 is 2.04 bits per heavy atom. The van der Waals surface area contributed by atoms with E-state index >= 15 is 0 Å². The van der Waals surface area contributed by atoms with Gasteiger partial charge in [0.1, 0.15) is 11.8 Å². The number of anilines is 1. The van der Waals surface area contributed by atoms with Crippen LogP contribution in [0.25, 0.3) is 11.2 Å². The third-order valence-electron chi connectivity index (χ3n) is 6.63. The van der Waals surface area contributed by atoms with E-state index in [1.807, 2.05) is 4.57 Å². The number of imidazole rings is 1. The number of nitrogens with zero attached hydrogens (tertiary/aromatic N) is 4. The molecule has 4 fully saturated rings. The fraction of sp³-hybridized carbons (Fsp3) is 0.684. The Morgan fingerprint density at radius 1 is 1.26 bits per heavy atom. The summed E-state index contributed by atoms with van der Waals surface area (Å²) >= 11 is 3.96. The van der Waals surface area contributed by atoms with E-state index in [-0.39, 0.29) is 15.7 Å². The summed E-state index contributed by atoms with van der Waals surface area (Å²) in [5.41, 5.74) is 6.90. The number of hydrogen-bond donors (Lipinski definition) is 1. The molecule has 4 bridgehead atoms. The Hall–Kier alpha value is -1.70. The van der Waals surface area contributed by atoms with Crippen LogP contribution in [0, 0.1) is 17.3 Å². The highest BCUT2D eigenvalue weighted by atomic mass is 79.9. The van der Waals surface area contributed by atoms with Crippen LogP contribution in [0.5, 0.6) is 0 Å². The number of rotatable bonds is 5. The molecule has 0 aromatic carbocycles. The first-order chi connectivity index (χ1) is 13.0. The molecule has 27 heavy (non-hydrogen) atoms. The minimum atomic E-state index is -0.253. The van der Waals surface area contributed by atoms with Crippen molar-refractivity contribution < 1.29 is 9.53 Å². The van der Waals surface area contributed by atoms with Crippen LogP contribution in [0.3, 0.4) is 0 Å². The van der Waals surface area contributed by atoms with Gasteiger partial charge in [-0.2, -0.15) is 0 Å². The zero-order chi connectivity index (χ0) is 18.6. The van der Waals surface area contributed by atoms with E-state index in [2.05, 4.69) is 30.9 Å². The maximum absolute atomic E-state index is 13.0. The number of aromatic nitrogens is 4. The molecule has 2 unspecified atom stereocenters. The molecule has 2 aromatic rings. The van der Waals surface area contributed by atoms with E-state index in [4.69, 9.17) is 10.5 Å². The lowest BCUT2D eigenvalue weighted by atomic mass is 9.49. The lowest BCUT2D eigenvalue weighted by Gasteiger charge is -2.58. The van der Waals surface area contributed by atoms with E-state index in [1.165, 1.54) is 25.6 Å². The minimum absolute atomic E-state index is 0.0162. The predicted octanol–water partition coefficient (Wildman–Crippen LogP) is 3.08. The minimum Gasteiger partial charge on any atom is -0.465 e. The number of nitrogens with two attached hydrogens (primary N) is 1. The Labute approximate surface area is 166 Å². The molecular formula is C19H24BrN5O2. The summed E-state index contributed by atoms with van der Waals surface area (Å²) in [7, 11) is 0. The van der Waals surface area contributed by atoms with Gasteiger partial charge in [-0.05, 0) is 56.8 Å². The van der Waals surface area contributed by atoms with Gasteiger partial charge in [-0.15, -0.1) is 0 Å². The fourth-order valence-electron chi connectivity index (χ4n) is 6.00. The van der Waals surface area contributed by atoms with Gasteiger partial charge >= 0.3 is 5.97 Å². The van der Waals surface area contributed by atoms with E-state index in [9.17, 15) is 4.79 Å². The molecule has 2 heterocycles. The lowest BCUT2D eigenvalue weighted by Crippen LogP contribution is -2.56. The van der Waals surface area contributed by atoms with Crippen LogP contribution < -0.4 is 5.73 Å². The summed E-state index contributed by atoms with van der Waals surface area (Å²) in [6.45, 7) is 1.10. The Balaban J connectivity index is 1.20. The molecular weight excluding hydrogens is 410 g/mol. The summed E-state index contributed by atoms with van der Waals surface area (Å²) in [6.07, 6.45) is 10.6. The summed E-state index contributed by atoms with van der Waals surface area (Å²) in [6, 6.07) is 0. The molecule has 8 heteroatoms. The second-order valence-corrected chi connectivity index (χ2v) is 10.4. The van der Waals surface area contributed by atoms with Crippen LogP contribution in [0.1, 0.15) is 44.9 Å². The van der Waals surface area contributed by atoms with Gasteiger partial charge in [-0.3, -0.25) is 4.79 Å². The van der Waals surface area contributed by atoms with Gasteiger partial charge in [0.25, 0.3) is 0 Å². The molecule has 2 aromatic heterocycles. The number of halogens is 1. The zero-order valence-electron chi connectivity index (χ0n) is 15.2. The molecule has 0 radical (unpaired) electrons. The number of fused-ring (bicyclic) bond motifs is 1. The monoisotopic (exact) mass is 433 g/mol. The van der Waals surface area contributed by atoms with Crippen molar-refractivity contribution in [2.45, 2.75) is 55.8 Å². The van der Waals surface area contributed by atoms with E-state index in [0.29, 0.717) is 36.3 Å². The molecule has 2 atom stereocenters. The average Bonchev–Trinajstić information content (AvgIpc) is 3.01. The van der Waals surface area contributed by atoms with E-state index in [0.717, 1.165) is 31.3 Å². The Bertz CT molecular complexity index is 883. The Kier molecular flexibility index (Phi) is 3.97. The van der Waals surface area contributed by atoms with Crippen molar-refractivity contribution in [3.05, 3.63) is 12.7 Å². The van der Waals surface area contributed by atoms with E-state index < -0.39 is 0 Å². The molecule has 0 spiro atoms. The second kappa shape index (κ2) is 6.15. The van der Waals surface area contributed by atoms with Crippen LogP contribution in [0.4, 0.5) is 5.82 Å². The first-order valence-electron chi connectivity index (χ1n) is 9.74. The topological polar surface area (TPSA) is 95.9 Å². The number of carbonyl (C=O) groups is 1. The van der Waals surface area contributed by atoms with Gasteiger partial charge in [0.15, 0.2) is 11.5 Å². The van der Waals surface area contributed by atoms with Crippen LogP contribution in [0.2, 0.25) is 0 Å². The van der Waals surface area contributed by atoms with Gasteiger partial charge in [0, 0.05) is 10.9 Å². The van der Waals surface area contributed by atoms with Crippen molar-refractivity contribution >= 4 is 38.9 Å². The fourth-order valence-corrected chi connectivity index (χ4v) is 7.46. The van der Waals surface area contributed by atoms with Crippen molar-refractivity contribution in [1.82, 2.24) is 19.5 Å². The Morgan fingerprint density at radius 3 is 2.78 bits per heavy atom. The highest BCUT2D eigenvalue weighted by molar-refractivity contribution is 9.10. The summed E-state index contributed by atoms with van der Waals surface area (Å²) in [4.78, 5) is 25.4. The number of nitrogen functional groups attached to an aromatic ring is 1. The van der Waals surface area contributed by atoms with Crippen LogP contribution in [-0.2, 0) is 16.1 Å². The number of carbonyl (C=O) groups excluding carboxylic acids is 1. The summed E-state index contributed by atoms with van der Waals surface area (Å²) < 4.78 is 7.86. The van der Waals surface area contributed by atoms with Crippen molar-refractivity contribution in [3.63, 3.8) is 0 Å². The molecule has 0 amide bonds.